The number of aryl methyl sites for hydroxylation is 1. The molecule has 0 saturated carbocycles. The van der Waals surface area contributed by atoms with E-state index in [-0.39, 0.29) is 12.1 Å². The lowest BCUT2D eigenvalue weighted by Gasteiger charge is -2.23. The summed E-state index contributed by atoms with van der Waals surface area (Å²) >= 11 is 0. The molecule has 0 aliphatic carbocycles. The summed E-state index contributed by atoms with van der Waals surface area (Å²) in [7, 11) is 1.90. The highest BCUT2D eigenvalue weighted by atomic mass is 16.5. The minimum atomic E-state index is -0.0406. The van der Waals surface area contributed by atoms with Gasteiger partial charge in [-0.2, -0.15) is 5.10 Å². The van der Waals surface area contributed by atoms with Crippen molar-refractivity contribution in [3.05, 3.63) is 18.0 Å². The summed E-state index contributed by atoms with van der Waals surface area (Å²) in [6.07, 6.45) is 4.67. The Morgan fingerprint density at radius 2 is 2.19 bits per heavy atom. The van der Waals surface area contributed by atoms with Crippen molar-refractivity contribution >= 4 is 0 Å². The highest BCUT2D eigenvalue weighted by Gasteiger charge is 2.20. The SMILES string of the molecule is CCC(N)C(OCC(C)C)c1cnn(C)c1. The summed E-state index contributed by atoms with van der Waals surface area (Å²) < 4.78 is 7.66. The van der Waals surface area contributed by atoms with Crippen molar-refractivity contribution in [2.75, 3.05) is 6.61 Å². The third-order valence-electron chi connectivity index (χ3n) is 2.52. The van der Waals surface area contributed by atoms with E-state index < -0.39 is 0 Å². The molecule has 0 radical (unpaired) electrons. The smallest absolute Gasteiger partial charge is 0.101 e. The molecule has 4 nitrogen and oxygen atoms in total. The zero-order valence-corrected chi connectivity index (χ0v) is 10.7. The Morgan fingerprint density at radius 3 is 2.62 bits per heavy atom. The van der Waals surface area contributed by atoms with Crippen molar-refractivity contribution < 1.29 is 4.74 Å². The average molecular weight is 225 g/mol. The van der Waals surface area contributed by atoms with Crippen LogP contribution in [0.5, 0.6) is 0 Å². The zero-order chi connectivity index (χ0) is 12.1. The molecule has 2 unspecified atom stereocenters. The highest BCUT2D eigenvalue weighted by Crippen LogP contribution is 2.22. The zero-order valence-electron chi connectivity index (χ0n) is 10.7. The first-order valence-electron chi connectivity index (χ1n) is 5.90. The Morgan fingerprint density at radius 1 is 1.50 bits per heavy atom. The summed E-state index contributed by atoms with van der Waals surface area (Å²) in [6.45, 7) is 7.08. The molecule has 0 aliphatic heterocycles. The van der Waals surface area contributed by atoms with Gasteiger partial charge in [0.1, 0.15) is 6.10 Å². The van der Waals surface area contributed by atoms with E-state index in [4.69, 9.17) is 10.5 Å². The van der Waals surface area contributed by atoms with Gasteiger partial charge in [-0.3, -0.25) is 4.68 Å². The minimum absolute atomic E-state index is 0.0305. The van der Waals surface area contributed by atoms with Crippen LogP contribution in [0.1, 0.15) is 38.9 Å². The van der Waals surface area contributed by atoms with Crippen LogP contribution in [0.15, 0.2) is 12.4 Å². The highest BCUT2D eigenvalue weighted by molar-refractivity contribution is 5.10. The summed E-state index contributed by atoms with van der Waals surface area (Å²) in [5.74, 6) is 0.517. The van der Waals surface area contributed by atoms with Crippen LogP contribution in [0.2, 0.25) is 0 Å². The quantitative estimate of drug-likeness (QED) is 0.804. The molecule has 0 spiro atoms. The molecule has 0 fully saturated rings. The lowest BCUT2D eigenvalue weighted by molar-refractivity contribution is 0.0177. The monoisotopic (exact) mass is 225 g/mol. The first-order chi connectivity index (χ1) is 7.54. The summed E-state index contributed by atoms with van der Waals surface area (Å²) in [4.78, 5) is 0. The number of hydrogen-bond donors (Lipinski definition) is 1. The predicted octanol–water partition coefficient (Wildman–Crippen LogP) is 1.87. The maximum absolute atomic E-state index is 6.08. The van der Waals surface area contributed by atoms with E-state index in [2.05, 4.69) is 25.9 Å². The van der Waals surface area contributed by atoms with Crippen LogP contribution in [-0.2, 0) is 11.8 Å². The van der Waals surface area contributed by atoms with E-state index in [9.17, 15) is 0 Å². The minimum Gasteiger partial charge on any atom is -0.372 e. The molecule has 92 valence electrons. The molecule has 0 aromatic carbocycles. The Kier molecular flexibility index (Phi) is 4.96. The molecule has 4 heteroatoms. The molecule has 0 aliphatic rings. The number of hydrogen-bond acceptors (Lipinski definition) is 3. The van der Waals surface area contributed by atoms with Crippen LogP contribution < -0.4 is 5.73 Å². The van der Waals surface area contributed by atoms with Crippen LogP contribution >= 0.6 is 0 Å². The van der Waals surface area contributed by atoms with Gasteiger partial charge in [0.2, 0.25) is 0 Å². The molecule has 0 amide bonds. The number of nitrogens with two attached hydrogens (primary N) is 1. The summed E-state index contributed by atoms with van der Waals surface area (Å²) in [6, 6.07) is 0.0305. The molecule has 1 aromatic rings. The second-order valence-corrected chi connectivity index (χ2v) is 4.67. The van der Waals surface area contributed by atoms with Gasteiger partial charge in [0.25, 0.3) is 0 Å². The van der Waals surface area contributed by atoms with Crippen LogP contribution in [0.4, 0.5) is 0 Å². The molecule has 1 heterocycles. The molecular formula is C12H23N3O. The molecule has 0 bridgehead atoms. The Labute approximate surface area is 97.8 Å². The number of rotatable bonds is 6. The van der Waals surface area contributed by atoms with Crippen LogP contribution in [0, 0.1) is 5.92 Å². The van der Waals surface area contributed by atoms with Gasteiger partial charge >= 0.3 is 0 Å². The fraction of sp³-hybridized carbons (Fsp3) is 0.750. The summed E-state index contributed by atoms with van der Waals surface area (Å²) in [5.41, 5.74) is 7.15. The third kappa shape index (κ3) is 3.61. The second kappa shape index (κ2) is 6.01. The van der Waals surface area contributed by atoms with E-state index in [1.165, 1.54) is 0 Å². The number of nitrogens with zero attached hydrogens (tertiary/aromatic N) is 2. The number of aromatic nitrogens is 2. The molecule has 1 aromatic heterocycles. The van der Waals surface area contributed by atoms with Gasteiger partial charge in [0.05, 0.1) is 6.20 Å². The average Bonchev–Trinajstić information content (AvgIpc) is 2.64. The maximum Gasteiger partial charge on any atom is 0.101 e. The molecule has 0 saturated heterocycles. The first kappa shape index (κ1) is 13.2. The van der Waals surface area contributed by atoms with E-state index >= 15 is 0 Å². The third-order valence-corrected chi connectivity index (χ3v) is 2.52. The Balaban J connectivity index is 2.71. The van der Waals surface area contributed by atoms with Crippen LogP contribution in [0.3, 0.4) is 0 Å². The van der Waals surface area contributed by atoms with Gasteiger partial charge in [-0.1, -0.05) is 20.8 Å². The molecule has 16 heavy (non-hydrogen) atoms. The Bertz CT molecular complexity index is 309. The van der Waals surface area contributed by atoms with Gasteiger partial charge in [-0.05, 0) is 12.3 Å². The van der Waals surface area contributed by atoms with Crippen molar-refractivity contribution in [1.29, 1.82) is 0 Å². The number of ether oxygens (including phenoxy) is 1. The van der Waals surface area contributed by atoms with E-state index in [1.807, 2.05) is 19.4 Å². The second-order valence-electron chi connectivity index (χ2n) is 4.67. The van der Waals surface area contributed by atoms with E-state index in [0.717, 1.165) is 18.6 Å². The molecule has 2 atom stereocenters. The van der Waals surface area contributed by atoms with Gasteiger partial charge in [0.15, 0.2) is 0 Å². The normalized spacial score (nSPS) is 15.4. The van der Waals surface area contributed by atoms with E-state index in [1.54, 1.807) is 4.68 Å². The van der Waals surface area contributed by atoms with Gasteiger partial charge in [-0.15, -0.1) is 0 Å². The van der Waals surface area contributed by atoms with E-state index in [0.29, 0.717) is 5.92 Å². The van der Waals surface area contributed by atoms with Crippen molar-refractivity contribution in [3.8, 4) is 0 Å². The fourth-order valence-corrected chi connectivity index (χ4v) is 1.56. The lowest BCUT2D eigenvalue weighted by Crippen LogP contribution is -2.30. The van der Waals surface area contributed by atoms with Crippen LogP contribution in [-0.4, -0.2) is 22.4 Å². The lowest BCUT2D eigenvalue weighted by atomic mass is 10.0. The van der Waals surface area contributed by atoms with Gasteiger partial charge in [-0.25, -0.2) is 0 Å². The van der Waals surface area contributed by atoms with Crippen molar-refractivity contribution in [2.24, 2.45) is 18.7 Å². The van der Waals surface area contributed by atoms with Crippen molar-refractivity contribution in [2.45, 2.75) is 39.3 Å². The molecule has 1 rings (SSSR count). The first-order valence-corrected chi connectivity index (χ1v) is 5.90. The predicted molar refractivity (Wildman–Crippen MR) is 65.0 cm³/mol. The van der Waals surface area contributed by atoms with Gasteiger partial charge < -0.3 is 10.5 Å². The fourth-order valence-electron chi connectivity index (χ4n) is 1.56. The van der Waals surface area contributed by atoms with Gasteiger partial charge in [0, 0.05) is 31.5 Å². The van der Waals surface area contributed by atoms with Crippen LogP contribution in [0.25, 0.3) is 0 Å². The topological polar surface area (TPSA) is 53.1 Å². The Hall–Kier alpha value is -0.870. The van der Waals surface area contributed by atoms with Crippen molar-refractivity contribution in [1.82, 2.24) is 9.78 Å². The largest absolute Gasteiger partial charge is 0.372 e. The molecule has 2 N–H and O–H groups in total. The maximum atomic E-state index is 6.08. The standard InChI is InChI=1S/C12H23N3O/c1-5-11(13)12(16-8-9(2)3)10-6-14-15(4)7-10/h6-7,9,11-12H,5,8,13H2,1-4H3. The molecular weight excluding hydrogens is 202 g/mol. The van der Waals surface area contributed by atoms with Crippen molar-refractivity contribution in [3.63, 3.8) is 0 Å². The summed E-state index contributed by atoms with van der Waals surface area (Å²) in [5, 5.41) is 4.16.